The van der Waals surface area contributed by atoms with Gasteiger partial charge in [-0.1, -0.05) is 25.3 Å². The van der Waals surface area contributed by atoms with E-state index in [1.165, 1.54) is 19.3 Å². The molecular formula is C14H20N2O. The number of primary amides is 1. The summed E-state index contributed by atoms with van der Waals surface area (Å²) in [5.74, 6) is 0.0448. The van der Waals surface area contributed by atoms with Crippen LogP contribution < -0.4 is 11.5 Å². The van der Waals surface area contributed by atoms with Gasteiger partial charge in [0.2, 0.25) is 5.91 Å². The predicted octanol–water partition coefficient (Wildman–Crippen LogP) is 2.72. The molecule has 1 aliphatic carbocycles. The molecule has 0 atom stereocenters. The molecule has 3 heteroatoms. The molecule has 0 aromatic heterocycles. The van der Waals surface area contributed by atoms with Crippen LogP contribution in [0.1, 0.15) is 59.5 Å². The topological polar surface area (TPSA) is 69.1 Å². The first-order chi connectivity index (χ1) is 8.11. The van der Waals surface area contributed by atoms with Crippen molar-refractivity contribution >= 4 is 11.6 Å². The van der Waals surface area contributed by atoms with Crippen molar-refractivity contribution in [2.24, 2.45) is 5.73 Å². The highest BCUT2D eigenvalue weighted by Gasteiger charge is 2.23. The fourth-order valence-corrected chi connectivity index (χ4v) is 2.79. The van der Waals surface area contributed by atoms with Gasteiger partial charge in [-0.2, -0.15) is 0 Å². The van der Waals surface area contributed by atoms with Gasteiger partial charge in [-0.3, -0.25) is 4.79 Å². The van der Waals surface area contributed by atoms with Crippen LogP contribution in [0.15, 0.2) is 12.1 Å². The molecular weight excluding hydrogens is 212 g/mol. The summed E-state index contributed by atoms with van der Waals surface area (Å²) in [6.45, 7) is 1.98. The van der Waals surface area contributed by atoms with Crippen LogP contribution in [-0.4, -0.2) is 5.91 Å². The Kier molecular flexibility index (Phi) is 3.36. The Morgan fingerprint density at radius 3 is 2.47 bits per heavy atom. The molecule has 1 aromatic carbocycles. The number of rotatable bonds is 2. The number of nitrogens with two attached hydrogens (primary N) is 2. The van der Waals surface area contributed by atoms with Crippen molar-refractivity contribution in [2.75, 3.05) is 5.73 Å². The molecule has 1 aliphatic rings. The van der Waals surface area contributed by atoms with Gasteiger partial charge in [-0.25, -0.2) is 0 Å². The molecule has 0 spiro atoms. The minimum Gasteiger partial charge on any atom is -0.398 e. The lowest BCUT2D eigenvalue weighted by Crippen LogP contribution is -2.19. The van der Waals surface area contributed by atoms with Crippen LogP contribution in [0.3, 0.4) is 0 Å². The van der Waals surface area contributed by atoms with Crippen LogP contribution in [0.25, 0.3) is 0 Å². The summed E-state index contributed by atoms with van der Waals surface area (Å²) in [7, 11) is 0. The van der Waals surface area contributed by atoms with Crippen LogP contribution in [0.2, 0.25) is 0 Å². The molecule has 0 saturated heterocycles. The fraction of sp³-hybridized carbons (Fsp3) is 0.500. The van der Waals surface area contributed by atoms with Gasteiger partial charge >= 0.3 is 0 Å². The molecule has 1 fully saturated rings. The number of anilines is 1. The molecule has 92 valence electrons. The lowest BCUT2D eigenvalue weighted by atomic mass is 9.80. The monoisotopic (exact) mass is 232 g/mol. The standard InChI is InChI=1S/C14H20N2O/c1-9-7-8-11(14(16)17)12(13(9)15)10-5-3-2-4-6-10/h7-8,10H,2-6,15H2,1H3,(H2,16,17). The van der Waals surface area contributed by atoms with Crippen molar-refractivity contribution < 1.29 is 4.79 Å². The largest absolute Gasteiger partial charge is 0.398 e. The van der Waals surface area contributed by atoms with Gasteiger partial charge in [0, 0.05) is 11.3 Å². The molecule has 1 aromatic rings. The molecule has 17 heavy (non-hydrogen) atoms. The number of hydrogen-bond donors (Lipinski definition) is 2. The zero-order valence-corrected chi connectivity index (χ0v) is 10.3. The van der Waals surface area contributed by atoms with E-state index in [9.17, 15) is 4.79 Å². The Bertz CT molecular complexity index is 434. The van der Waals surface area contributed by atoms with Crippen molar-refractivity contribution in [3.63, 3.8) is 0 Å². The summed E-state index contributed by atoms with van der Waals surface area (Å²) < 4.78 is 0. The summed E-state index contributed by atoms with van der Waals surface area (Å²) in [5.41, 5.74) is 15.0. The maximum absolute atomic E-state index is 11.5. The summed E-state index contributed by atoms with van der Waals surface area (Å²) in [5, 5.41) is 0. The second kappa shape index (κ2) is 4.78. The van der Waals surface area contributed by atoms with Crippen molar-refractivity contribution in [2.45, 2.75) is 44.9 Å². The Labute approximate surface area is 102 Å². The van der Waals surface area contributed by atoms with Crippen LogP contribution in [0.5, 0.6) is 0 Å². The average Bonchev–Trinajstić information content (AvgIpc) is 2.33. The first kappa shape index (κ1) is 12.0. The molecule has 0 bridgehead atoms. The van der Waals surface area contributed by atoms with Gasteiger partial charge in [-0.05, 0) is 42.9 Å². The third-order valence-electron chi connectivity index (χ3n) is 3.78. The molecule has 4 N–H and O–H groups in total. The zero-order valence-electron chi connectivity index (χ0n) is 10.3. The molecule has 0 aliphatic heterocycles. The first-order valence-electron chi connectivity index (χ1n) is 6.30. The number of aryl methyl sites for hydroxylation is 1. The van der Waals surface area contributed by atoms with E-state index in [1.54, 1.807) is 0 Å². The SMILES string of the molecule is Cc1ccc(C(N)=O)c(C2CCCCC2)c1N. The lowest BCUT2D eigenvalue weighted by molar-refractivity contribution is 0.0998. The number of hydrogen-bond acceptors (Lipinski definition) is 2. The van der Waals surface area contributed by atoms with E-state index in [1.807, 2.05) is 19.1 Å². The lowest BCUT2D eigenvalue weighted by Gasteiger charge is -2.25. The van der Waals surface area contributed by atoms with Gasteiger partial charge < -0.3 is 11.5 Å². The summed E-state index contributed by atoms with van der Waals surface area (Å²) in [6.07, 6.45) is 5.96. The van der Waals surface area contributed by atoms with E-state index in [0.29, 0.717) is 11.5 Å². The Hall–Kier alpha value is -1.51. The molecule has 0 unspecified atom stereocenters. The van der Waals surface area contributed by atoms with Gasteiger partial charge in [0.05, 0.1) is 0 Å². The van der Waals surface area contributed by atoms with Gasteiger partial charge in [0.15, 0.2) is 0 Å². The van der Waals surface area contributed by atoms with E-state index < -0.39 is 0 Å². The Morgan fingerprint density at radius 1 is 1.24 bits per heavy atom. The summed E-state index contributed by atoms with van der Waals surface area (Å²) in [6, 6.07) is 3.69. The Morgan fingerprint density at radius 2 is 1.88 bits per heavy atom. The normalized spacial score (nSPS) is 17.0. The van der Waals surface area contributed by atoms with Crippen LogP contribution >= 0.6 is 0 Å². The van der Waals surface area contributed by atoms with Crippen LogP contribution in [0, 0.1) is 6.92 Å². The minimum absolute atomic E-state index is 0.364. The van der Waals surface area contributed by atoms with Crippen LogP contribution in [0.4, 0.5) is 5.69 Å². The van der Waals surface area contributed by atoms with E-state index in [-0.39, 0.29) is 5.91 Å². The van der Waals surface area contributed by atoms with E-state index in [0.717, 1.165) is 29.7 Å². The van der Waals surface area contributed by atoms with Crippen molar-refractivity contribution in [3.05, 3.63) is 28.8 Å². The number of nitrogen functional groups attached to an aromatic ring is 1. The third-order valence-corrected chi connectivity index (χ3v) is 3.78. The highest BCUT2D eigenvalue weighted by atomic mass is 16.1. The van der Waals surface area contributed by atoms with Crippen molar-refractivity contribution in [1.82, 2.24) is 0 Å². The summed E-state index contributed by atoms with van der Waals surface area (Å²) in [4.78, 5) is 11.5. The highest BCUT2D eigenvalue weighted by Crippen LogP contribution is 2.38. The van der Waals surface area contributed by atoms with Gasteiger partial charge in [-0.15, -0.1) is 0 Å². The van der Waals surface area contributed by atoms with Gasteiger partial charge in [0.1, 0.15) is 0 Å². The predicted molar refractivity (Wildman–Crippen MR) is 69.9 cm³/mol. The second-order valence-corrected chi connectivity index (χ2v) is 4.96. The second-order valence-electron chi connectivity index (χ2n) is 4.96. The third kappa shape index (κ3) is 2.28. The first-order valence-corrected chi connectivity index (χ1v) is 6.30. The quantitative estimate of drug-likeness (QED) is 0.770. The van der Waals surface area contributed by atoms with Crippen molar-refractivity contribution in [3.8, 4) is 0 Å². The number of carbonyl (C=O) groups is 1. The number of benzene rings is 1. The molecule has 3 nitrogen and oxygen atoms in total. The number of amides is 1. The Balaban J connectivity index is 2.48. The van der Waals surface area contributed by atoms with Crippen molar-refractivity contribution in [1.29, 1.82) is 0 Å². The minimum atomic E-state index is -0.364. The van der Waals surface area contributed by atoms with E-state index in [2.05, 4.69) is 0 Å². The van der Waals surface area contributed by atoms with Gasteiger partial charge in [0.25, 0.3) is 0 Å². The number of carbonyl (C=O) groups excluding carboxylic acids is 1. The molecule has 0 radical (unpaired) electrons. The summed E-state index contributed by atoms with van der Waals surface area (Å²) >= 11 is 0. The smallest absolute Gasteiger partial charge is 0.249 e. The highest BCUT2D eigenvalue weighted by molar-refractivity contribution is 5.96. The molecule has 1 saturated carbocycles. The zero-order chi connectivity index (χ0) is 12.4. The molecule has 2 rings (SSSR count). The van der Waals surface area contributed by atoms with E-state index >= 15 is 0 Å². The average molecular weight is 232 g/mol. The maximum atomic E-state index is 11.5. The van der Waals surface area contributed by atoms with Crippen LogP contribution in [-0.2, 0) is 0 Å². The van der Waals surface area contributed by atoms with E-state index in [4.69, 9.17) is 11.5 Å². The fourth-order valence-electron chi connectivity index (χ4n) is 2.79. The molecule has 0 heterocycles. The molecule has 1 amide bonds. The maximum Gasteiger partial charge on any atom is 0.249 e.